The molecule has 4 aromatic rings. The lowest BCUT2D eigenvalue weighted by molar-refractivity contribution is -0.384. The molecule has 42 heavy (non-hydrogen) atoms. The largest absolute Gasteiger partial charge is 0.493 e. The molecule has 0 aliphatic carbocycles. The summed E-state index contributed by atoms with van der Waals surface area (Å²) >= 11 is 12.6. The molecule has 0 saturated carbocycles. The topological polar surface area (TPSA) is 124 Å². The van der Waals surface area contributed by atoms with Crippen LogP contribution in [0.4, 0.5) is 11.4 Å². The van der Waals surface area contributed by atoms with E-state index in [-0.39, 0.29) is 41.0 Å². The maximum absolute atomic E-state index is 12.8. The predicted octanol–water partition coefficient (Wildman–Crippen LogP) is 7.61. The highest BCUT2D eigenvalue weighted by atomic mass is 35.5. The number of anilines is 1. The molecule has 0 radical (unpaired) electrons. The molecule has 212 valence electrons. The molecule has 4 rings (SSSR count). The van der Waals surface area contributed by atoms with Crippen LogP contribution in [0, 0.1) is 21.4 Å². The third kappa shape index (κ3) is 7.79. The van der Waals surface area contributed by atoms with E-state index >= 15 is 0 Å². The van der Waals surface area contributed by atoms with Gasteiger partial charge in [0.15, 0.2) is 11.5 Å². The fourth-order valence-electron chi connectivity index (χ4n) is 3.80. The van der Waals surface area contributed by atoms with Crippen molar-refractivity contribution in [1.29, 1.82) is 5.26 Å². The molecule has 0 fully saturated rings. The van der Waals surface area contributed by atoms with Gasteiger partial charge in [0, 0.05) is 28.4 Å². The van der Waals surface area contributed by atoms with Crippen molar-refractivity contribution in [3.05, 3.63) is 127 Å². The second kappa shape index (κ2) is 14.0. The van der Waals surface area contributed by atoms with Crippen molar-refractivity contribution in [2.24, 2.45) is 0 Å². The molecule has 0 aromatic heterocycles. The Balaban J connectivity index is 1.43. The van der Waals surface area contributed by atoms with Crippen LogP contribution >= 0.6 is 23.2 Å². The summed E-state index contributed by atoms with van der Waals surface area (Å²) in [7, 11) is 1.42. The lowest BCUT2D eigenvalue weighted by Gasteiger charge is -2.13. The Morgan fingerprint density at radius 3 is 2.43 bits per heavy atom. The zero-order valence-electron chi connectivity index (χ0n) is 22.2. The molecule has 0 heterocycles. The van der Waals surface area contributed by atoms with Gasteiger partial charge in [-0.1, -0.05) is 53.5 Å². The quantitative estimate of drug-likeness (QED) is 0.0809. The van der Waals surface area contributed by atoms with Gasteiger partial charge in [-0.3, -0.25) is 14.9 Å². The fourth-order valence-corrected chi connectivity index (χ4v) is 4.27. The Hall–Kier alpha value is -5.04. The first-order valence-corrected chi connectivity index (χ1v) is 13.2. The van der Waals surface area contributed by atoms with Crippen LogP contribution in [0.5, 0.6) is 17.2 Å². The first kappa shape index (κ1) is 29.9. The molecule has 11 heteroatoms. The van der Waals surface area contributed by atoms with Gasteiger partial charge in [-0.15, -0.1) is 0 Å². The molecule has 0 aliphatic rings. The number of nitro groups is 1. The number of nitro benzene ring substituents is 1. The Kier molecular flexibility index (Phi) is 10.0. The molecule has 1 amide bonds. The average Bonchev–Trinajstić information content (AvgIpc) is 2.99. The van der Waals surface area contributed by atoms with Crippen LogP contribution in [0.2, 0.25) is 10.0 Å². The molecule has 0 atom stereocenters. The monoisotopic (exact) mass is 603 g/mol. The molecule has 1 N–H and O–H groups in total. The number of nitrogens with zero attached hydrogens (tertiary/aromatic N) is 2. The average molecular weight is 604 g/mol. The van der Waals surface area contributed by atoms with Crippen LogP contribution in [-0.2, 0) is 18.0 Å². The SMILES string of the molecule is COc1cc(/C=C(\C#N)C(=O)Nc2ccc(OCc3ccccc3Cl)cc2)cc(Cl)c1OCc1cccc([N+](=O)[O-])c1. The second-order valence-corrected chi connectivity index (χ2v) is 9.59. The minimum absolute atomic E-state index is 0.00261. The van der Waals surface area contributed by atoms with E-state index in [2.05, 4.69) is 5.32 Å². The summed E-state index contributed by atoms with van der Waals surface area (Å²) in [6.45, 7) is 0.292. The summed E-state index contributed by atoms with van der Waals surface area (Å²) in [5, 5.41) is 24.1. The van der Waals surface area contributed by atoms with Crippen LogP contribution in [-0.4, -0.2) is 17.9 Å². The van der Waals surface area contributed by atoms with Crippen LogP contribution in [0.25, 0.3) is 6.08 Å². The maximum atomic E-state index is 12.8. The number of methoxy groups -OCH3 is 1. The van der Waals surface area contributed by atoms with E-state index in [1.807, 2.05) is 24.3 Å². The second-order valence-electron chi connectivity index (χ2n) is 8.78. The minimum Gasteiger partial charge on any atom is -0.493 e. The maximum Gasteiger partial charge on any atom is 0.269 e. The molecular formula is C31H23Cl2N3O6. The number of nitrogens with one attached hydrogen (secondary N) is 1. The van der Waals surface area contributed by atoms with Crippen molar-refractivity contribution in [1.82, 2.24) is 0 Å². The van der Waals surface area contributed by atoms with Crippen LogP contribution in [0.15, 0.2) is 90.5 Å². The summed E-state index contributed by atoms with van der Waals surface area (Å²) in [6, 6.07) is 25.1. The molecule has 0 spiro atoms. The Morgan fingerprint density at radius 2 is 1.74 bits per heavy atom. The van der Waals surface area contributed by atoms with E-state index in [9.17, 15) is 20.2 Å². The van der Waals surface area contributed by atoms with E-state index in [0.29, 0.717) is 27.6 Å². The van der Waals surface area contributed by atoms with Crippen molar-refractivity contribution in [3.63, 3.8) is 0 Å². The first-order valence-electron chi connectivity index (χ1n) is 12.4. The number of benzene rings is 4. The van der Waals surface area contributed by atoms with Gasteiger partial charge in [-0.05, 0) is 59.7 Å². The highest BCUT2D eigenvalue weighted by Crippen LogP contribution is 2.37. The number of nitriles is 1. The highest BCUT2D eigenvalue weighted by Gasteiger charge is 2.15. The zero-order chi connectivity index (χ0) is 30.1. The number of hydrogen-bond donors (Lipinski definition) is 1. The van der Waals surface area contributed by atoms with E-state index in [1.54, 1.807) is 48.5 Å². The van der Waals surface area contributed by atoms with Gasteiger partial charge in [-0.25, -0.2) is 0 Å². The zero-order valence-corrected chi connectivity index (χ0v) is 23.7. The Morgan fingerprint density at radius 1 is 0.976 bits per heavy atom. The van der Waals surface area contributed by atoms with Crippen LogP contribution < -0.4 is 19.5 Å². The number of rotatable bonds is 11. The van der Waals surface area contributed by atoms with Crippen LogP contribution in [0.1, 0.15) is 16.7 Å². The molecule has 9 nitrogen and oxygen atoms in total. The molecular weight excluding hydrogens is 581 g/mol. The van der Waals surface area contributed by atoms with Gasteiger partial charge in [0.1, 0.15) is 30.6 Å². The van der Waals surface area contributed by atoms with Crippen molar-refractivity contribution in [3.8, 4) is 23.3 Å². The van der Waals surface area contributed by atoms with Gasteiger partial charge in [0.05, 0.1) is 17.1 Å². The normalized spacial score (nSPS) is 10.9. The summed E-state index contributed by atoms with van der Waals surface area (Å²) in [6.07, 6.45) is 1.37. The number of non-ortho nitro benzene ring substituents is 1. The smallest absolute Gasteiger partial charge is 0.269 e. The van der Waals surface area contributed by atoms with Gasteiger partial charge < -0.3 is 19.5 Å². The minimum atomic E-state index is -0.622. The van der Waals surface area contributed by atoms with E-state index in [4.69, 9.17) is 37.4 Å². The lowest BCUT2D eigenvalue weighted by atomic mass is 10.1. The van der Waals surface area contributed by atoms with E-state index < -0.39 is 10.8 Å². The molecule has 4 aromatic carbocycles. The predicted molar refractivity (Wildman–Crippen MR) is 160 cm³/mol. The number of halogens is 2. The number of amides is 1. The van der Waals surface area contributed by atoms with Crippen LogP contribution in [0.3, 0.4) is 0 Å². The molecule has 0 unspecified atom stereocenters. The number of carbonyl (C=O) groups excluding carboxylic acids is 1. The third-order valence-electron chi connectivity index (χ3n) is 5.90. The number of ether oxygens (including phenoxy) is 3. The Labute approximate surface area is 251 Å². The standard InChI is InChI=1S/C31H23Cl2N3O6/c1-40-29-16-21(15-28(33)30(29)42-18-20-5-4-7-25(14-20)36(38)39)13-23(17-34)31(37)35-24-9-11-26(12-10-24)41-19-22-6-2-3-8-27(22)32/h2-16H,18-19H2,1H3,(H,35,37)/b23-13+. The molecule has 0 bridgehead atoms. The van der Waals surface area contributed by atoms with E-state index in [0.717, 1.165) is 5.56 Å². The van der Waals surface area contributed by atoms with Gasteiger partial charge in [0.25, 0.3) is 11.6 Å². The van der Waals surface area contributed by atoms with Gasteiger partial charge in [0.2, 0.25) is 0 Å². The molecule has 0 aliphatic heterocycles. The number of hydrogen-bond acceptors (Lipinski definition) is 7. The summed E-state index contributed by atoms with van der Waals surface area (Å²) < 4.78 is 17.0. The van der Waals surface area contributed by atoms with Gasteiger partial charge in [-0.2, -0.15) is 5.26 Å². The third-order valence-corrected chi connectivity index (χ3v) is 6.55. The highest BCUT2D eigenvalue weighted by molar-refractivity contribution is 6.32. The van der Waals surface area contributed by atoms with Crippen molar-refractivity contribution < 1.29 is 23.9 Å². The number of carbonyl (C=O) groups is 1. The van der Waals surface area contributed by atoms with Crippen molar-refractivity contribution in [2.45, 2.75) is 13.2 Å². The summed E-state index contributed by atoms with van der Waals surface area (Å²) in [4.78, 5) is 23.4. The van der Waals surface area contributed by atoms with E-state index in [1.165, 1.54) is 31.4 Å². The van der Waals surface area contributed by atoms with Crippen molar-refractivity contribution in [2.75, 3.05) is 12.4 Å². The van der Waals surface area contributed by atoms with Crippen molar-refractivity contribution >= 4 is 46.6 Å². The lowest BCUT2D eigenvalue weighted by Crippen LogP contribution is -2.13. The molecule has 0 saturated heterocycles. The van der Waals surface area contributed by atoms with Gasteiger partial charge >= 0.3 is 0 Å². The summed E-state index contributed by atoms with van der Waals surface area (Å²) in [5.41, 5.74) is 2.07. The summed E-state index contributed by atoms with van der Waals surface area (Å²) in [5.74, 6) is 0.425. The first-order chi connectivity index (χ1) is 20.3. The Bertz CT molecular complexity index is 1680. The fraction of sp³-hybridized carbons (Fsp3) is 0.0968.